The van der Waals surface area contributed by atoms with E-state index < -0.39 is 6.04 Å². The lowest BCUT2D eigenvalue weighted by atomic mass is 10.1. The quantitative estimate of drug-likeness (QED) is 0.827. The van der Waals surface area contributed by atoms with E-state index in [0.29, 0.717) is 12.5 Å². The second-order valence-corrected chi connectivity index (χ2v) is 6.17. The molecule has 1 unspecified atom stereocenters. The first kappa shape index (κ1) is 18.5. The van der Waals surface area contributed by atoms with Gasteiger partial charge in [0.25, 0.3) is 0 Å². The molecule has 2 aromatic heterocycles. The molecule has 2 aromatic rings. The molecule has 0 saturated heterocycles. The minimum atomic E-state index is -0.420. The van der Waals surface area contributed by atoms with Gasteiger partial charge < -0.3 is 10.6 Å². The molecule has 2 heterocycles. The predicted molar refractivity (Wildman–Crippen MR) is 88.1 cm³/mol. The fourth-order valence-electron chi connectivity index (χ4n) is 1.87. The molecular formula is C13H21ClN6OS. The maximum absolute atomic E-state index is 12.2. The lowest BCUT2D eigenvalue weighted by Gasteiger charge is -2.13. The number of likely N-dealkylation sites (N-methyl/N-ethyl adjacent to an activating group) is 1. The molecule has 0 radical (unpaired) electrons. The average Bonchev–Trinajstić information content (AvgIpc) is 3.06. The van der Waals surface area contributed by atoms with Crippen molar-refractivity contribution in [3.05, 3.63) is 28.0 Å². The van der Waals surface area contributed by atoms with E-state index in [0.717, 1.165) is 15.6 Å². The van der Waals surface area contributed by atoms with E-state index in [4.69, 9.17) is 0 Å². The zero-order valence-corrected chi connectivity index (χ0v) is 14.7. The lowest BCUT2D eigenvalue weighted by molar-refractivity contribution is -0.123. The van der Waals surface area contributed by atoms with Gasteiger partial charge in [-0.05, 0) is 7.05 Å². The van der Waals surface area contributed by atoms with Gasteiger partial charge in [-0.3, -0.25) is 9.48 Å². The number of aryl methyl sites for hydroxylation is 1. The van der Waals surface area contributed by atoms with Gasteiger partial charge in [-0.1, -0.05) is 25.2 Å². The number of aromatic nitrogens is 4. The Morgan fingerprint density at radius 3 is 2.64 bits per heavy atom. The molecule has 1 amide bonds. The van der Waals surface area contributed by atoms with Crippen LogP contribution in [0.3, 0.4) is 0 Å². The van der Waals surface area contributed by atoms with Crippen molar-refractivity contribution in [3.8, 4) is 0 Å². The van der Waals surface area contributed by atoms with Gasteiger partial charge in [0.15, 0.2) is 0 Å². The summed E-state index contributed by atoms with van der Waals surface area (Å²) in [6.45, 7) is 4.53. The Kier molecular flexibility index (Phi) is 6.92. The highest BCUT2D eigenvalue weighted by Gasteiger charge is 2.20. The maximum Gasteiger partial charge on any atom is 0.242 e. The Balaban J connectivity index is 0.00000242. The summed E-state index contributed by atoms with van der Waals surface area (Å²) in [4.78, 5) is 12.2. The van der Waals surface area contributed by atoms with Crippen molar-refractivity contribution in [2.45, 2.75) is 32.4 Å². The standard InChI is InChI=1S/C13H20N6OS.ClH/c1-8(2)13-18-17-10(21-13)6-15-12(20)11(14-3)9-5-16-19(4)7-9;/h5,7-8,11,14H,6H2,1-4H3,(H,15,20);1H. The Morgan fingerprint density at radius 2 is 2.14 bits per heavy atom. The number of amides is 1. The molecule has 1 atom stereocenters. The van der Waals surface area contributed by atoms with Crippen LogP contribution in [0.1, 0.15) is 41.4 Å². The summed E-state index contributed by atoms with van der Waals surface area (Å²) >= 11 is 1.53. The first-order chi connectivity index (χ1) is 10.0. The van der Waals surface area contributed by atoms with Gasteiger partial charge in [0.1, 0.15) is 16.1 Å². The summed E-state index contributed by atoms with van der Waals surface area (Å²) in [5, 5.41) is 20.0. The normalized spacial score (nSPS) is 12.0. The van der Waals surface area contributed by atoms with E-state index in [2.05, 4.69) is 39.8 Å². The SMILES string of the molecule is CNC(C(=O)NCc1nnc(C(C)C)s1)c1cnn(C)c1.Cl. The van der Waals surface area contributed by atoms with E-state index in [-0.39, 0.29) is 18.3 Å². The summed E-state index contributed by atoms with van der Waals surface area (Å²) < 4.78 is 1.67. The Bertz CT molecular complexity index is 611. The third kappa shape index (κ3) is 4.49. The summed E-state index contributed by atoms with van der Waals surface area (Å²) in [5.41, 5.74) is 0.831. The molecule has 0 fully saturated rings. The second kappa shape index (κ2) is 8.21. The first-order valence-electron chi connectivity index (χ1n) is 6.77. The van der Waals surface area contributed by atoms with Crippen molar-refractivity contribution < 1.29 is 4.79 Å². The second-order valence-electron chi connectivity index (χ2n) is 5.08. The van der Waals surface area contributed by atoms with Crippen molar-refractivity contribution in [1.82, 2.24) is 30.6 Å². The highest BCUT2D eigenvalue weighted by atomic mass is 35.5. The fourth-order valence-corrected chi connectivity index (χ4v) is 2.66. The number of carbonyl (C=O) groups is 1. The average molecular weight is 345 g/mol. The third-order valence-electron chi connectivity index (χ3n) is 3.00. The van der Waals surface area contributed by atoms with Crippen LogP contribution in [0, 0.1) is 0 Å². The van der Waals surface area contributed by atoms with Gasteiger partial charge >= 0.3 is 0 Å². The Labute approximate surface area is 139 Å². The zero-order valence-electron chi connectivity index (χ0n) is 13.0. The van der Waals surface area contributed by atoms with Gasteiger partial charge in [-0.2, -0.15) is 5.10 Å². The highest BCUT2D eigenvalue weighted by Crippen LogP contribution is 2.19. The molecule has 0 aliphatic heterocycles. The molecule has 0 spiro atoms. The summed E-state index contributed by atoms with van der Waals surface area (Å²) in [7, 11) is 3.57. The maximum atomic E-state index is 12.2. The molecular weight excluding hydrogens is 324 g/mol. The molecule has 7 nitrogen and oxygen atoms in total. The predicted octanol–water partition coefficient (Wildman–Crippen LogP) is 1.39. The molecule has 2 rings (SSSR count). The molecule has 22 heavy (non-hydrogen) atoms. The minimum absolute atomic E-state index is 0. The molecule has 0 aromatic carbocycles. The van der Waals surface area contributed by atoms with Gasteiger partial charge in [0, 0.05) is 24.7 Å². The van der Waals surface area contributed by atoms with Crippen LogP contribution in [-0.4, -0.2) is 32.9 Å². The van der Waals surface area contributed by atoms with Crippen molar-refractivity contribution in [1.29, 1.82) is 0 Å². The minimum Gasteiger partial charge on any atom is -0.348 e. The molecule has 122 valence electrons. The van der Waals surface area contributed by atoms with Crippen LogP contribution >= 0.6 is 23.7 Å². The van der Waals surface area contributed by atoms with E-state index in [9.17, 15) is 4.79 Å². The number of carbonyl (C=O) groups excluding carboxylic acids is 1. The molecule has 0 bridgehead atoms. The molecule has 0 saturated carbocycles. The van der Waals surface area contributed by atoms with Crippen LogP contribution < -0.4 is 10.6 Å². The van der Waals surface area contributed by atoms with Crippen LogP contribution in [0.4, 0.5) is 0 Å². The Hall–Kier alpha value is -1.51. The van der Waals surface area contributed by atoms with Gasteiger partial charge in [-0.15, -0.1) is 22.6 Å². The first-order valence-corrected chi connectivity index (χ1v) is 7.58. The van der Waals surface area contributed by atoms with Crippen molar-refractivity contribution in [2.24, 2.45) is 7.05 Å². The highest BCUT2D eigenvalue weighted by molar-refractivity contribution is 7.11. The Morgan fingerprint density at radius 1 is 1.41 bits per heavy atom. The van der Waals surface area contributed by atoms with Crippen LogP contribution in [0.5, 0.6) is 0 Å². The van der Waals surface area contributed by atoms with Crippen molar-refractivity contribution >= 4 is 29.7 Å². The molecule has 0 aliphatic carbocycles. The van der Waals surface area contributed by atoms with Crippen molar-refractivity contribution in [3.63, 3.8) is 0 Å². The topological polar surface area (TPSA) is 84.7 Å². The van der Waals surface area contributed by atoms with Gasteiger partial charge in [-0.25, -0.2) is 0 Å². The van der Waals surface area contributed by atoms with E-state index in [1.54, 1.807) is 17.9 Å². The largest absolute Gasteiger partial charge is 0.348 e. The fraction of sp³-hybridized carbons (Fsp3) is 0.538. The number of nitrogens with zero attached hydrogens (tertiary/aromatic N) is 4. The molecule has 0 aliphatic rings. The van der Waals surface area contributed by atoms with Gasteiger partial charge in [0.2, 0.25) is 5.91 Å². The van der Waals surface area contributed by atoms with Crippen molar-refractivity contribution in [2.75, 3.05) is 7.05 Å². The van der Waals surface area contributed by atoms with Crippen LogP contribution in [0.25, 0.3) is 0 Å². The number of hydrogen-bond donors (Lipinski definition) is 2. The van der Waals surface area contributed by atoms with Crippen LogP contribution in [0.15, 0.2) is 12.4 Å². The summed E-state index contributed by atoms with van der Waals surface area (Å²) in [5.74, 6) is 0.249. The molecule has 2 N–H and O–H groups in total. The smallest absolute Gasteiger partial charge is 0.242 e. The monoisotopic (exact) mass is 344 g/mol. The number of halogens is 1. The lowest BCUT2D eigenvalue weighted by Crippen LogP contribution is -2.35. The van der Waals surface area contributed by atoms with Crippen LogP contribution in [0.2, 0.25) is 0 Å². The summed E-state index contributed by atoms with van der Waals surface area (Å²) in [6.07, 6.45) is 3.51. The van der Waals surface area contributed by atoms with E-state index in [1.165, 1.54) is 11.3 Å². The number of hydrogen-bond acceptors (Lipinski definition) is 6. The van der Waals surface area contributed by atoms with E-state index in [1.807, 2.05) is 13.2 Å². The number of nitrogens with one attached hydrogen (secondary N) is 2. The zero-order chi connectivity index (χ0) is 15.4. The summed E-state index contributed by atoms with van der Waals surface area (Å²) in [6, 6.07) is -0.420. The van der Waals surface area contributed by atoms with Crippen LogP contribution in [-0.2, 0) is 18.4 Å². The number of rotatable bonds is 6. The molecule has 9 heteroatoms. The van der Waals surface area contributed by atoms with E-state index >= 15 is 0 Å². The third-order valence-corrected chi connectivity index (χ3v) is 4.22. The van der Waals surface area contributed by atoms with Gasteiger partial charge in [0.05, 0.1) is 12.7 Å².